The molecule has 0 amide bonds. The summed E-state index contributed by atoms with van der Waals surface area (Å²) in [6, 6.07) is 8.03. The molecule has 0 aliphatic carbocycles. The van der Waals surface area contributed by atoms with Gasteiger partial charge >= 0.3 is 0 Å². The van der Waals surface area contributed by atoms with Crippen LogP contribution in [0.1, 0.15) is 36.7 Å². The predicted molar refractivity (Wildman–Crippen MR) is 79.8 cm³/mol. The van der Waals surface area contributed by atoms with Crippen LogP contribution in [0.4, 0.5) is 0 Å². The van der Waals surface area contributed by atoms with Gasteiger partial charge in [-0.2, -0.15) is 4.98 Å². The number of aryl methyl sites for hydroxylation is 2. The van der Waals surface area contributed by atoms with E-state index in [-0.39, 0.29) is 0 Å². The maximum atomic E-state index is 5.93. The van der Waals surface area contributed by atoms with E-state index in [1.807, 2.05) is 13.0 Å². The third kappa shape index (κ3) is 3.53. The average Bonchev–Trinajstić information content (AvgIpc) is 2.26. The molecule has 2 aromatic rings. The summed E-state index contributed by atoms with van der Waals surface area (Å²) in [5, 5.41) is 0. The molecule has 4 heteroatoms. The minimum Gasteiger partial charge on any atom is -0.439 e. The van der Waals surface area contributed by atoms with Crippen LogP contribution >= 0.6 is 15.9 Å². The van der Waals surface area contributed by atoms with Crippen LogP contribution in [-0.4, -0.2) is 9.97 Å². The number of hydrogen-bond donors (Lipinski definition) is 0. The number of hydrogen-bond acceptors (Lipinski definition) is 3. The van der Waals surface area contributed by atoms with Crippen LogP contribution in [0.15, 0.2) is 28.9 Å². The number of rotatable bonds is 3. The molecule has 0 spiro atoms. The Labute approximate surface area is 122 Å². The third-order valence-electron chi connectivity index (χ3n) is 2.79. The Balaban J connectivity index is 2.39. The van der Waals surface area contributed by atoms with Gasteiger partial charge < -0.3 is 4.74 Å². The van der Waals surface area contributed by atoms with E-state index in [1.54, 1.807) is 6.07 Å². The number of aromatic nitrogens is 2. The first-order chi connectivity index (χ1) is 8.95. The van der Waals surface area contributed by atoms with Gasteiger partial charge in [0.05, 0.1) is 0 Å². The fraction of sp³-hybridized carbons (Fsp3) is 0.333. The highest BCUT2D eigenvalue weighted by Gasteiger charge is 2.10. The average molecular weight is 321 g/mol. The van der Waals surface area contributed by atoms with Crippen molar-refractivity contribution in [2.75, 3.05) is 0 Å². The molecule has 0 radical (unpaired) electrons. The number of ether oxygens (including phenoxy) is 1. The van der Waals surface area contributed by atoms with Gasteiger partial charge in [-0.3, -0.25) is 0 Å². The summed E-state index contributed by atoms with van der Waals surface area (Å²) in [6.45, 7) is 8.20. The summed E-state index contributed by atoms with van der Waals surface area (Å²) in [7, 11) is 0. The van der Waals surface area contributed by atoms with Crippen molar-refractivity contribution in [3.8, 4) is 11.6 Å². The Morgan fingerprint density at radius 1 is 1.11 bits per heavy atom. The summed E-state index contributed by atoms with van der Waals surface area (Å²) in [5.74, 6) is 2.51. The predicted octanol–water partition coefficient (Wildman–Crippen LogP) is 4.77. The van der Waals surface area contributed by atoms with Crippen molar-refractivity contribution < 1.29 is 4.74 Å². The van der Waals surface area contributed by atoms with Crippen LogP contribution in [0.3, 0.4) is 0 Å². The molecule has 3 nitrogen and oxygen atoms in total. The van der Waals surface area contributed by atoms with E-state index in [1.165, 1.54) is 11.1 Å². The summed E-state index contributed by atoms with van der Waals surface area (Å²) >= 11 is 3.36. The number of halogens is 1. The molecule has 0 aliphatic rings. The van der Waals surface area contributed by atoms with Gasteiger partial charge in [-0.1, -0.05) is 26.0 Å². The minimum atomic E-state index is 0.405. The maximum Gasteiger partial charge on any atom is 0.223 e. The summed E-state index contributed by atoms with van der Waals surface area (Å²) < 4.78 is 6.66. The molecule has 0 N–H and O–H groups in total. The van der Waals surface area contributed by atoms with Crippen molar-refractivity contribution in [1.29, 1.82) is 0 Å². The topological polar surface area (TPSA) is 35.0 Å². The van der Waals surface area contributed by atoms with Crippen LogP contribution in [0.2, 0.25) is 0 Å². The molecule has 0 saturated heterocycles. The van der Waals surface area contributed by atoms with Gasteiger partial charge in [0.15, 0.2) is 0 Å². The normalized spacial score (nSPS) is 10.8. The highest BCUT2D eigenvalue weighted by molar-refractivity contribution is 9.10. The molecular weight excluding hydrogens is 304 g/mol. The second kappa shape index (κ2) is 5.70. The molecule has 1 heterocycles. The van der Waals surface area contributed by atoms with Gasteiger partial charge in [-0.25, -0.2) is 4.98 Å². The molecular formula is C15H17BrN2O. The van der Waals surface area contributed by atoms with Crippen molar-refractivity contribution in [2.24, 2.45) is 0 Å². The van der Waals surface area contributed by atoms with E-state index in [0.29, 0.717) is 17.6 Å². The first-order valence-corrected chi connectivity index (χ1v) is 7.04. The van der Waals surface area contributed by atoms with E-state index >= 15 is 0 Å². The molecule has 0 atom stereocenters. The Hall–Kier alpha value is -1.42. The molecule has 0 saturated carbocycles. The molecule has 0 unspecified atom stereocenters. The van der Waals surface area contributed by atoms with Crippen molar-refractivity contribution >= 4 is 15.9 Å². The standard InChI is InChI=1S/C15H17BrN2O/c1-9(2)12-6-5-10(3)7-13(12)19-15-8-14(16)17-11(4)18-15/h5-9H,1-4H3. The summed E-state index contributed by atoms with van der Waals surface area (Å²) in [5.41, 5.74) is 2.35. The van der Waals surface area contributed by atoms with Gasteiger partial charge in [0.25, 0.3) is 0 Å². The van der Waals surface area contributed by atoms with Crippen molar-refractivity contribution in [1.82, 2.24) is 9.97 Å². The van der Waals surface area contributed by atoms with E-state index in [4.69, 9.17) is 4.74 Å². The van der Waals surface area contributed by atoms with Gasteiger partial charge in [0, 0.05) is 6.07 Å². The Bertz CT molecular complexity index is 576. The lowest BCUT2D eigenvalue weighted by atomic mass is 10.0. The van der Waals surface area contributed by atoms with E-state index in [0.717, 1.165) is 10.4 Å². The molecule has 0 aliphatic heterocycles. The van der Waals surface area contributed by atoms with Gasteiger partial charge in [0.1, 0.15) is 16.2 Å². The van der Waals surface area contributed by atoms with Gasteiger partial charge in [-0.15, -0.1) is 0 Å². The van der Waals surface area contributed by atoms with Gasteiger partial charge in [-0.05, 0) is 52.9 Å². The molecule has 2 rings (SSSR count). The lowest BCUT2D eigenvalue weighted by molar-refractivity contribution is 0.450. The molecule has 100 valence electrons. The molecule has 1 aromatic carbocycles. The number of benzene rings is 1. The van der Waals surface area contributed by atoms with Crippen LogP contribution < -0.4 is 4.74 Å². The van der Waals surface area contributed by atoms with Crippen molar-refractivity contribution in [3.05, 3.63) is 45.8 Å². The minimum absolute atomic E-state index is 0.405. The Morgan fingerprint density at radius 3 is 2.47 bits per heavy atom. The first kappa shape index (κ1) is 14.0. The van der Waals surface area contributed by atoms with E-state index in [2.05, 4.69) is 58.8 Å². The van der Waals surface area contributed by atoms with E-state index in [9.17, 15) is 0 Å². The van der Waals surface area contributed by atoms with Crippen LogP contribution in [0, 0.1) is 13.8 Å². The fourth-order valence-corrected chi connectivity index (χ4v) is 2.33. The zero-order chi connectivity index (χ0) is 14.0. The van der Waals surface area contributed by atoms with Crippen LogP contribution in [-0.2, 0) is 0 Å². The monoisotopic (exact) mass is 320 g/mol. The van der Waals surface area contributed by atoms with Gasteiger partial charge in [0.2, 0.25) is 5.88 Å². The van der Waals surface area contributed by atoms with Crippen molar-refractivity contribution in [2.45, 2.75) is 33.6 Å². The first-order valence-electron chi connectivity index (χ1n) is 6.25. The van der Waals surface area contributed by atoms with E-state index < -0.39 is 0 Å². The zero-order valence-electron chi connectivity index (χ0n) is 11.6. The second-order valence-corrected chi connectivity index (χ2v) is 5.69. The molecule has 0 fully saturated rings. The van der Waals surface area contributed by atoms with Crippen LogP contribution in [0.25, 0.3) is 0 Å². The largest absolute Gasteiger partial charge is 0.439 e. The smallest absolute Gasteiger partial charge is 0.223 e. The second-order valence-electron chi connectivity index (χ2n) is 4.87. The lowest BCUT2D eigenvalue weighted by Crippen LogP contribution is -1.98. The summed E-state index contributed by atoms with van der Waals surface area (Å²) in [6.07, 6.45) is 0. The highest BCUT2D eigenvalue weighted by Crippen LogP contribution is 2.31. The third-order valence-corrected chi connectivity index (χ3v) is 3.20. The van der Waals surface area contributed by atoms with Crippen LogP contribution in [0.5, 0.6) is 11.6 Å². The fourth-order valence-electron chi connectivity index (χ4n) is 1.88. The number of nitrogens with zero attached hydrogens (tertiary/aromatic N) is 2. The summed E-state index contributed by atoms with van der Waals surface area (Å²) in [4.78, 5) is 8.47. The molecule has 19 heavy (non-hydrogen) atoms. The zero-order valence-corrected chi connectivity index (χ0v) is 13.2. The SMILES string of the molecule is Cc1ccc(C(C)C)c(Oc2cc(Br)nc(C)n2)c1. The Morgan fingerprint density at radius 2 is 1.84 bits per heavy atom. The maximum absolute atomic E-state index is 5.93. The highest BCUT2D eigenvalue weighted by atomic mass is 79.9. The quantitative estimate of drug-likeness (QED) is 0.764. The van der Waals surface area contributed by atoms with Crippen molar-refractivity contribution in [3.63, 3.8) is 0 Å². The Kier molecular flexibility index (Phi) is 4.20. The lowest BCUT2D eigenvalue weighted by Gasteiger charge is -2.14. The molecule has 1 aromatic heterocycles. The molecule has 0 bridgehead atoms.